The zero-order valence-corrected chi connectivity index (χ0v) is 12.5. The molecule has 1 atom stereocenters. The van der Waals surface area contributed by atoms with Gasteiger partial charge >= 0.3 is 6.18 Å². The molecule has 0 saturated heterocycles. The first-order valence-electron chi connectivity index (χ1n) is 6.23. The Bertz CT molecular complexity index is 462. The van der Waals surface area contributed by atoms with Crippen LogP contribution in [-0.2, 0) is 6.18 Å². The smallest absolute Gasteiger partial charge is 0.370 e. The molecule has 0 heterocycles. The Morgan fingerprint density at radius 1 is 1.40 bits per heavy atom. The standard InChI is InChI=1S/C14H18F3NOS/c1-4-11(9-20-3)18(2)13-6-5-10(8-19)7-12(13)14(15,16)17/h5-8,11H,4,9H2,1-3H3. The topological polar surface area (TPSA) is 20.3 Å². The summed E-state index contributed by atoms with van der Waals surface area (Å²) in [6.45, 7) is 1.95. The quantitative estimate of drug-likeness (QED) is 0.738. The third-order valence-corrected chi connectivity index (χ3v) is 3.94. The van der Waals surface area contributed by atoms with Crippen molar-refractivity contribution < 1.29 is 18.0 Å². The fraction of sp³-hybridized carbons (Fsp3) is 0.500. The SMILES string of the molecule is CCC(CSC)N(C)c1ccc(C=O)cc1C(F)(F)F. The molecule has 0 aliphatic rings. The molecular formula is C14H18F3NOS. The molecule has 0 aromatic heterocycles. The van der Waals surface area contributed by atoms with Crippen LogP contribution < -0.4 is 4.90 Å². The lowest BCUT2D eigenvalue weighted by molar-refractivity contribution is -0.137. The van der Waals surface area contributed by atoms with Crippen LogP contribution in [0, 0.1) is 0 Å². The van der Waals surface area contributed by atoms with Gasteiger partial charge in [0.05, 0.1) is 5.56 Å². The largest absolute Gasteiger partial charge is 0.418 e. The van der Waals surface area contributed by atoms with Crippen molar-refractivity contribution in [3.8, 4) is 0 Å². The van der Waals surface area contributed by atoms with Gasteiger partial charge in [0, 0.05) is 30.1 Å². The van der Waals surface area contributed by atoms with Crippen molar-refractivity contribution in [1.82, 2.24) is 0 Å². The van der Waals surface area contributed by atoms with E-state index in [1.807, 2.05) is 13.2 Å². The monoisotopic (exact) mass is 305 g/mol. The zero-order valence-electron chi connectivity index (χ0n) is 11.7. The lowest BCUT2D eigenvalue weighted by Gasteiger charge is -2.31. The minimum atomic E-state index is -4.47. The van der Waals surface area contributed by atoms with Crippen molar-refractivity contribution in [2.75, 3.05) is 24.0 Å². The zero-order chi connectivity index (χ0) is 15.3. The molecule has 0 radical (unpaired) electrons. The van der Waals surface area contributed by atoms with E-state index in [9.17, 15) is 18.0 Å². The number of aldehydes is 1. The molecule has 0 N–H and O–H groups in total. The van der Waals surface area contributed by atoms with Gasteiger partial charge in [0.15, 0.2) is 0 Å². The van der Waals surface area contributed by atoms with E-state index in [2.05, 4.69) is 0 Å². The second-order valence-corrected chi connectivity index (χ2v) is 5.43. The summed E-state index contributed by atoms with van der Waals surface area (Å²) in [6, 6.07) is 3.72. The third-order valence-electron chi connectivity index (χ3n) is 3.22. The van der Waals surface area contributed by atoms with Gasteiger partial charge in [0.1, 0.15) is 6.29 Å². The van der Waals surface area contributed by atoms with Gasteiger partial charge in [-0.05, 0) is 30.9 Å². The van der Waals surface area contributed by atoms with Crippen LogP contribution >= 0.6 is 11.8 Å². The lowest BCUT2D eigenvalue weighted by atomic mass is 10.1. The number of anilines is 1. The van der Waals surface area contributed by atoms with Gasteiger partial charge in [0.25, 0.3) is 0 Å². The second kappa shape index (κ2) is 7.02. The van der Waals surface area contributed by atoms with Gasteiger partial charge in [-0.2, -0.15) is 24.9 Å². The normalized spacial score (nSPS) is 13.1. The van der Waals surface area contributed by atoms with Gasteiger partial charge in [-0.1, -0.05) is 6.92 Å². The summed E-state index contributed by atoms with van der Waals surface area (Å²) in [5.41, 5.74) is -0.611. The summed E-state index contributed by atoms with van der Waals surface area (Å²) in [5.74, 6) is 0.750. The highest BCUT2D eigenvalue weighted by atomic mass is 32.2. The fourth-order valence-electron chi connectivity index (χ4n) is 2.05. The van der Waals surface area contributed by atoms with E-state index < -0.39 is 11.7 Å². The average molecular weight is 305 g/mol. The summed E-state index contributed by atoms with van der Waals surface area (Å²) >= 11 is 1.60. The Kier molecular flexibility index (Phi) is 5.92. The van der Waals surface area contributed by atoms with Crippen LogP contribution in [0.2, 0.25) is 0 Å². The lowest BCUT2D eigenvalue weighted by Crippen LogP contribution is -2.34. The molecule has 2 nitrogen and oxygen atoms in total. The number of hydrogen-bond acceptors (Lipinski definition) is 3. The summed E-state index contributed by atoms with van der Waals surface area (Å²) in [7, 11) is 1.66. The number of halogens is 3. The number of alkyl halides is 3. The average Bonchev–Trinajstić information content (AvgIpc) is 2.42. The number of carbonyl (C=O) groups is 1. The highest BCUT2D eigenvalue weighted by molar-refractivity contribution is 7.98. The third kappa shape index (κ3) is 3.91. The molecule has 0 aliphatic carbocycles. The number of nitrogens with zero attached hydrogens (tertiary/aromatic N) is 1. The molecule has 1 aromatic rings. The van der Waals surface area contributed by atoms with E-state index in [-0.39, 0.29) is 17.3 Å². The molecule has 1 unspecified atom stereocenters. The van der Waals surface area contributed by atoms with E-state index >= 15 is 0 Å². The van der Waals surface area contributed by atoms with Gasteiger partial charge in [-0.25, -0.2) is 0 Å². The molecule has 1 rings (SSSR count). The highest BCUT2D eigenvalue weighted by Crippen LogP contribution is 2.37. The maximum Gasteiger partial charge on any atom is 0.418 e. The van der Waals surface area contributed by atoms with Gasteiger partial charge in [0.2, 0.25) is 0 Å². The summed E-state index contributed by atoms with van der Waals surface area (Å²) < 4.78 is 39.4. The van der Waals surface area contributed by atoms with Crippen molar-refractivity contribution in [1.29, 1.82) is 0 Å². The number of benzene rings is 1. The van der Waals surface area contributed by atoms with E-state index in [4.69, 9.17) is 0 Å². The van der Waals surface area contributed by atoms with E-state index in [0.717, 1.165) is 18.2 Å². The Labute approximate surface area is 121 Å². The Hall–Kier alpha value is -1.17. The molecule has 0 saturated carbocycles. The van der Waals surface area contributed by atoms with Crippen LogP contribution in [-0.4, -0.2) is 31.4 Å². The van der Waals surface area contributed by atoms with Crippen molar-refractivity contribution in [3.05, 3.63) is 29.3 Å². The van der Waals surface area contributed by atoms with Gasteiger partial charge < -0.3 is 4.90 Å². The number of thioether (sulfide) groups is 1. The van der Waals surface area contributed by atoms with Crippen molar-refractivity contribution in [3.63, 3.8) is 0 Å². The molecular weight excluding hydrogens is 287 g/mol. The van der Waals surface area contributed by atoms with Crippen LogP contribution in [0.3, 0.4) is 0 Å². The molecule has 112 valence electrons. The molecule has 1 aromatic carbocycles. The Morgan fingerprint density at radius 2 is 2.05 bits per heavy atom. The van der Waals surface area contributed by atoms with Crippen LogP contribution in [0.4, 0.5) is 18.9 Å². The maximum atomic E-state index is 13.1. The van der Waals surface area contributed by atoms with Crippen LogP contribution in [0.1, 0.15) is 29.3 Å². The van der Waals surface area contributed by atoms with Crippen LogP contribution in [0.15, 0.2) is 18.2 Å². The van der Waals surface area contributed by atoms with Crippen LogP contribution in [0.25, 0.3) is 0 Å². The first-order valence-corrected chi connectivity index (χ1v) is 7.62. The van der Waals surface area contributed by atoms with Crippen molar-refractivity contribution in [2.24, 2.45) is 0 Å². The van der Waals surface area contributed by atoms with Crippen LogP contribution in [0.5, 0.6) is 0 Å². The van der Waals surface area contributed by atoms with Crippen molar-refractivity contribution >= 4 is 23.7 Å². The predicted octanol–water partition coefficient (Wildman–Crippen LogP) is 4.10. The summed E-state index contributed by atoms with van der Waals surface area (Å²) in [5, 5.41) is 0. The van der Waals surface area contributed by atoms with Crippen molar-refractivity contribution in [2.45, 2.75) is 25.6 Å². The second-order valence-electron chi connectivity index (χ2n) is 4.52. The number of carbonyl (C=O) groups excluding carboxylic acids is 1. The molecule has 0 fully saturated rings. The predicted molar refractivity (Wildman–Crippen MR) is 77.7 cm³/mol. The minimum Gasteiger partial charge on any atom is -0.370 e. The molecule has 20 heavy (non-hydrogen) atoms. The molecule has 6 heteroatoms. The fourth-order valence-corrected chi connectivity index (χ4v) is 2.90. The molecule has 0 spiro atoms. The van der Waals surface area contributed by atoms with E-state index in [1.54, 1.807) is 23.7 Å². The highest BCUT2D eigenvalue weighted by Gasteiger charge is 2.35. The number of hydrogen-bond donors (Lipinski definition) is 0. The molecule has 0 amide bonds. The Balaban J connectivity index is 3.25. The molecule has 0 aliphatic heterocycles. The first-order chi connectivity index (χ1) is 9.35. The van der Waals surface area contributed by atoms with E-state index in [0.29, 0.717) is 6.29 Å². The Morgan fingerprint density at radius 3 is 2.50 bits per heavy atom. The van der Waals surface area contributed by atoms with Gasteiger partial charge in [-0.3, -0.25) is 4.79 Å². The summed E-state index contributed by atoms with van der Waals surface area (Å²) in [6.07, 6.45) is -1.36. The minimum absolute atomic E-state index is 0.0215. The number of rotatable bonds is 6. The summed E-state index contributed by atoms with van der Waals surface area (Å²) in [4.78, 5) is 12.3. The molecule has 0 bridgehead atoms. The van der Waals surface area contributed by atoms with E-state index in [1.165, 1.54) is 12.1 Å². The maximum absolute atomic E-state index is 13.1. The van der Waals surface area contributed by atoms with Gasteiger partial charge in [-0.15, -0.1) is 0 Å². The first kappa shape index (κ1) is 16.9.